The molecule has 1 fully saturated rings. The number of nitrogens with one attached hydrogen (secondary N) is 2. The van der Waals surface area contributed by atoms with E-state index >= 15 is 0 Å². The molecule has 1 aromatic heterocycles. The second-order valence-electron chi connectivity index (χ2n) is 2.99. The number of hydrogen-bond donors (Lipinski definition) is 2. The van der Waals surface area contributed by atoms with Crippen molar-refractivity contribution in [1.82, 2.24) is 19.8 Å². The van der Waals surface area contributed by atoms with Crippen LogP contribution in [0.25, 0.3) is 0 Å². The molecule has 2 N–H and O–H groups in total. The molecular formula is C8H14N4O2. The lowest BCUT2D eigenvalue weighted by Crippen LogP contribution is -2.20. The van der Waals surface area contributed by atoms with Gasteiger partial charge in [-0.1, -0.05) is 0 Å². The van der Waals surface area contributed by atoms with Crippen molar-refractivity contribution in [2.24, 2.45) is 14.1 Å². The van der Waals surface area contributed by atoms with Crippen molar-refractivity contribution in [3.05, 3.63) is 22.9 Å². The van der Waals surface area contributed by atoms with Gasteiger partial charge in [0.05, 0.1) is 0 Å². The molecule has 0 unspecified atom stereocenters. The van der Waals surface area contributed by atoms with Crippen LogP contribution in [0.15, 0.2) is 17.2 Å². The van der Waals surface area contributed by atoms with Crippen LogP contribution in [-0.2, 0) is 14.1 Å². The molecule has 0 aromatic carbocycles. The van der Waals surface area contributed by atoms with E-state index in [4.69, 9.17) is 0 Å². The predicted octanol–water partition coefficient (Wildman–Crippen LogP) is -0.977. The highest BCUT2D eigenvalue weighted by Gasteiger charge is 2.03. The molecule has 2 rings (SSSR count). The molecule has 1 aliphatic rings. The Kier molecular flexibility index (Phi) is 3.33. The van der Waals surface area contributed by atoms with Crippen molar-refractivity contribution in [1.29, 1.82) is 0 Å². The van der Waals surface area contributed by atoms with Gasteiger partial charge in [0.25, 0.3) is 0 Å². The van der Waals surface area contributed by atoms with Crippen molar-refractivity contribution in [2.75, 3.05) is 13.1 Å². The number of carbonyl (C=O) groups is 1. The molecule has 1 saturated heterocycles. The maximum absolute atomic E-state index is 10.7. The number of urea groups is 1. The van der Waals surface area contributed by atoms with Crippen LogP contribution in [0.5, 0.6) is 0 Å². The van der Waals surface area contributed by atoms with E-state index in [1.165, 1.54) is 9.13 Å². The van der Waals surface area contributed by atoms with Gasteiger partial charge < -0.3 is 19.8 Å². The summed E-state index contributed by atoms with van der Waals surface area (Å²) in [4.78, 5) is 20.7. The van der Waals surface area contributed by atoms with Crippen LogP contribution < -0.4 is 16.3 Å². The van der Waals surface area contributed by atoms with Gasteiger partial charge in [-0.25, -0.2) is 9.59 Å². The van der Waals surface area contributed by atoms with Gasteiger partial charge in [-0.05, 0) is 0 Å². The number of aromatic nitrogens is 2. The minimum absolute atomic E-state index is 0.0185. The topological polar surface area (TPSA) is 68.1 Å². The lowest BCUT2D eigenvalue weighted by atomic mass is 10.7. The lowest BCUT2D eigenvalue weighted by Gasteiger charge is -1.82. The highest BCUT2D eigenvalue weighted by atomic mass is 16.2. The van der Waals surface area contributed by atoms with Gasteiger partial charge in [0, 0.05) is 39.6 Å². The summed E-state index contributed by atoms with van der Waals surface area (Å²) in [5, 5.41) is 5.14. The Hall–Kier alpha value is -1.72. The van der Waals surface area contributed by atoms with Crippen molar-refractivity contribution in [3.8, 4) is 0 Å². The third kappa shape index (κ3) is 2.65. The highest BCUT2D eigenvalue weighted by molar-refractivity contribution is 5.75. The summed E-state index contributed by atoms with van der Waals surface area (Å²) in [6.45, 7) is 1.55. The third-order valence-electron chi connectivity index (χ3n) is 1.81. The molecule has 0 spiro atoms. The fourth-order valence-corrected chi connectivity index (χ4v) is 0.991. The van der Waals surface area contributed by atoms with E-state index in [1.54, 1.807) is 26.5 Å². The Bertz CT molecular complexity index is 335. The van der Waals surface area contributed by atoms with Crippen LogP contribution >= 0.6 is 0 Å². The second-order valence-corrected chi connectivity index (χ2v) is 2.99. The Morgan fingerprint density at radius 2 is 1.50 bits per heavy atom. The number of rotatable bonds is 0. The number of amides is 2. The fraction of sp³-hybridized carbons (Fsp3) is 0.500. The molecule has 0 atom stereocenters. The number of nitrogens with zero attached hydrogens (tertiary/aromatic N) is 2. The average Bonchev–Trinajstić information content (AvgIpc) is 2.73. The van der Waals surface area contributed by atoms with Crippen LogP contribution in [0.3, 0.4) is 0 Å². The smallest absolute Gasteiger partial charge is 0.327 e. The zero-order valence-corrected chi connectivity index (χ0v) is 8.28. The third-order valence-corrected chi connectivity index (χ3v) is 1.81. The van der Waals surface area contributed by atoms with Gasteiger partial charge in [0.2, 0.25) is 0 Å². The predicted molar refractivity (Wildman–Crippen MR) is 52.1 cm³/mol. The van der Waals surface area contributed by atoms with E-state index in [1.807, 2.05) is 0 Å². The standard InChI is InChI=1S/C5H8N2O.C3H6N2O/c1-6-3-4-7(2)5(6)8;6-3-4-1-2-5-3/h3-4H,1-2H3;1-2H2,(H2,4,5,6). The van der Waals surface area contributed by atoms with Gasteiger partial charge in [0.15, 0.2) is 0 Å². The molecule has 1 aromatic rings. The molecule has 0 bridgehead atoms. The van der Waals surface area contributed by atoms with Crippen LogP contribution in [-0.4, -0.2) is 28.3 Å². The Morgan fingerprint density at radius 3 is 1.64 bits per heavy atom. The van der Waals surface area contributed by atoms with E-state index in [9.17, 15) is 9.59 Å². The molecule has 6 heteroatoms. The monoisotopic (exact) mass is 198 g/mol. The van der Waals surface area contributed by atoms with Crippen molar-refractivity contribution in [2.45, 2.75) is 0 Å². The summed E-state index contributed by atoms with van der Waals surface area (Å²) >= 11 is 0. The van der Waals surface area contributed by atoms with E-state index in [0.29, 0.717) is 0 Å². The first-order valence-corrected chi connectivity index (χ1v) is 4.31. The van der Waals surface area contributed by atoms with Crippen LogP contribution in [0.4, 0.5) is 4.79 Å². The molecule has 14 heavy (non-hydrogen) atoms. The SMILES string of the molecule is Cn1ccn(C)c1=O.O=C1NCCN1. The largest absolute Gasteiger partial charge is 0.336 e. The van der Waals surface area contributed by atoms with E-state index in [2.05, 4.69) is 10.6 Å². The van der Waals surface area contributed by atoms with E-state index in [-0.39, 0.29) is 11.7 Å². The van der Waals surface area contributed by atoms with E-state index in [0.717, 1.165) is 13.1 Å². The maximum Gasteiger partial charge on any atom is 0.327 e. The number of aryl methyl sites for hydroxylation is 2. The summed E-state index contributed by atoms with van der Waals surface area (Å²) in [7, 11) is 3.45. The van der Waals surface area contributed by atoms with Gasteiger partial charge in [-0.2, -0.15) is 0 Å². The normalized spacial score (nSPS) is 14.0. The Morgan fingerprint density at radius 1 is 1.07 bits per heavy atom. The van der Waals surface area contributed by atoms with Crippen molar-refractivity contribution < 1.29 is 4.79 Å². The Balaban J connectivity index is 0.000000146. The van der Waals surface area contributed by atoms with Crippen LogP contribution in [0, 0.1) is 0 Å². The summed E-state index contributed by atoms with van der Waals surface area (Å²) in [5.41, 5.74) is 0.0185. The molecule has 2 heterocycles. The minimum Gasteiger partial charge on any atom is -0.336 e. The summed E-state index contributed by atoms with van der Waals surface area (Å²) in [5.74, 6) is 0. The maximum atomic E-state index is 10.7. The lowest BCUT2D eigenvalue weighted by molar-refractivity contribution is 0.248. The number of hydrogen-bond acceptors (Lipinski definition) is 2. The summed E-state index contributed by atoms with van der Waals surface area (Å²) in [6.07, 6.45) is 3.45. The first kappa shape index (κ1) is 10.4. The molecule has 0 radical (unpaired) electrons. The van der Waals surface area contributed by atoms with Crippen LogP contribution in [0.1, 0.15) is 0 Å². The van der Waals surface area contributed by atoms with Gasteiger partial charge >= 0.3 is 11.7 Å². The first-order chi connectivity index (χ1) is 6.61. The fourth-order valence-electron chi connectivity index (χ4n) is 0.991. The summed E-state index contributed by atoms with van der Waals surface area (Å²) < 4.78 is 3.06. The molecular weight excluding hydrogens is 184 g/mol. The number of carbonyl (C=O) groups excluding carboxylic acids is 1. The van der Waals surface area contributed by atoms with Gasteiger partial charge in [0.1, 0.15) is 0 Å². The zero-order valence-electron chi connectivity index (χ0n) is 8.28. The van der Waals surface area contributed by atoms with Crippen LogP contribution in [0.2, 0.25) is 0 Å². The van der Waals surface area contributed by atoms with E-state index < -0.39 is 0 Å². The second kappa shape index (κ2) is 4.50. The quantitative estimate of drug-likeness (QED) is 0.563. The molecule has 6 nitrogen and oxygen atoms in total. The van der Waals surface area contributed by atoms with Crippen molar-refractivity contribution >= 4 is 6.03 Å². The zero-order chi connectivity index (χ0) is 10.6. The number of imidazole rings is 1. The van der Waals surface area contributed by atoms with Crippen molar-refractivity contribution in [3.63, 3.8) is 0 Å². The molecule has 0 saturated carbocycles. The molecule has 0 aliphatic carbocycles. The molecule has 78 valence electrons. The minimum atomic E-state index is -0.0463. The first-order valence-electron chi connectivity index (χ1n) is 4.31. The highest BCUT2D eigenvalue weighted by Crippen LogP contribution is 1.72. The molecule has 2 amide bonds. The summed E-state index contributed by atoms with van der Waals surface area (Å²) in [6, 6.07) is -0.0463. The molecule has 1 aliphatic heterocycles. The van der Waals surface area contributed by atoms with Gasteiger partial charge in [-0.15, -0.1) is 0 Å². The average molecular weight is 198 g/mol. The Labute approximate surface area is 81.5 Å². The van der Waals surface area contributed by atoms with Gasteiger partial charge in [-0.3, -0.25) is 0 Å².